The van der Waals surface area contributed by atoms with Crippen molar-refractivity contribution in [2.45, 2.75) is 13.8 Å². The van der Waals surface area contributed by atoms with Crippen molar-refractivity contribution in [2.24, 2.45) is 0 Å². The van der Waals surface area contributed by atoms with Gasteiger partial charge in [0.25, 0.3) is 0 Å². The van der Waals surface area contributed by atoms with Crippen LogP contribution >= 0.6 is 15.9 Å². The molecule has 0 nitrogen and oxygen atoms in total. The van der Waals surface area contributed by atoms with E-state index in [2.05, 4.69) is 121 Å². The fourth-order valence-corrected chi connectivity index (χ4v) is 4.56. The summed E-state index contributed by atoms with van der Waals surface area (Å²) in [7, 11) is 0. The number of benzene rings is 5. The largest absolute Gasteiger partial charge is 0.0616 e. The van der Waals surface area contributed by atoms with Gasteiger partial charge in [0, 0.05) is 4.47 Å². The first-order valence-electron chi connectivity index (χ1n) is 9.90. The molecular formula is C28H21Br. The van der Waals surface area contributed by atoms with Gasteiger partial charge in [-0.05, 0) is 69.8 Å². The standard InChI is InChI=1S/C28H21Br/c1-18-7-11-20(12-8-18)27-24-6-4-3-5-23(24)26-17-22(29)15-16-25(26)28(27)21-13-9-19(2)10-14-21/h3-17H,1-2H3. The maximum absolute atomic E-state index is 3.68. The Labute approximate surface area is 180 Å². The van der Waals surface area contributed by atoms with Crippen LogP contribution < -0.4 is 0 Å². The average molecular weight is 437 g/mol. The molecule has 0 aliphatic heterocycles. The van der Waals surface area contributed by atoms with Gasteiger partial charge in [-0.1, -0.05) is 106 Å². The molecule has 0 spiro atoms. The number of fused-ring (bicyclic) bond motifs is 3. The highest BCUT2D eigenvalue weighted by Crippen LogP contribution is 2.45. The SMILES string of the molecule is Cc1ccc(-c2c(-c3ccc(C)cc3)c3ccc(Br)cc3c3ccccc23)cc1. The Kier molecular flexibility index (Phi) is 4.49. The Morgan fingerprint density at radius 1 is 0.483 bits per heavy atom. The second kappa shape index (κ2) is 7.17. The molecule has 0 N–H and O–H groups in total. The summed E-state index contributed by atoms with van der Waals surface area (Å²) in [4.78, 5) is 0. The maximum atomic E-state index is 3.68. The molecule has 0 bridgehead atoms. The fourth-order valence-electron chi connectivity index (χ4n) is 4.20. The van der Waals surface area contributed by atoms with Crippen molar-refractivity contribution < 1.29 is 0 Å². The first-order valence-corrected chi connectivity index (χ1v) is 10.7. The maximum Gasteiger partial charge on any atom is 0.0181 e. The molecule has 140 valence electrons. The van der Waals surface area contributed by atoms with E-state index in [1.54, 1.807) is 0 Å². The van der Waals surface area contributed by atoms with Gasteiger partial charge >= 0.3 is 0 Å². The van der Waals surface area contributed by atoms with Crippen LogP contribution in [0.3, 0.4) is 0 Å². The summed E-state index contributed by atoms with van der Waals surface area (Å²) in [5.74, 6) is 0. The van der Waals surface area contributed by atoms with Gasteiger partial charge in [-0.15, -0.1) is 0 Å². The molecule has 0 radical (unpaired) electrons. The van der Waals surface area contributed by atoms with Gasteiger partial charge < -0.3 is 0 Å². The van der Waals surface area contributed by atoms with Gasteiger partial charge in [-0.25, -0.2) is 0 Å². The third-order valence-electron chi connectivity index (χ3n) is 5.67. The molecule has 5 aromatic carbocycles. The summed E-state index contributed by atoms with van der Waals surface area (Å²) in [6.45, 7) is 4.28. The number of hydrogen-bond donors (Lipinski definition) is 0. The fraction of sp³-hybridized carbons (Fsp3) is 0.0714. The monoisotopic (exact) mass is 436 g/mol. The lowest BCUT2D eigenvalue weighted by Gasteiger charge is -2.19. The smallest absolute Gasteiger partial charge is 0.0181 e. The van der Waals surface area contributed by atoms with E-state index in [1.807, 2.05) is 0 Å². The second-order valence-corrected chi connectivity index (χ2v) is 8.63. The highest BCUT2D eigenvalue weighted by molar-refractivity contribution is 9.10. The number of halogens is 1. The third kappa shape index (κ3) is 3.16. The summed E-state index contributed by atoms with van der Waals surface area (Å²) in [6.07, 6.45) is 0. The van der Waals surface area contributed by atoms with E-state index in [0.717, 1.165) is 4.47 Å². The zero-order valence-corrected chi connectivity index (χ0v) is 18.1. The molecule has 0 unspecified atom stereocenters. The quantitative estimate of drug-likeness (QED) is 0.242. The predicted octanol–water partition coefficient (Wildman–Crippen LogP) is 8.71. The van der Waals surface area contributed by atoms with Crippen molar-refractivity contribution in [1.29, 1.82) is 0 Å². The number of aryl methyl sites for hydroxylation is 2. The normalized spacial score (nSPS) is 11.3. The molecule has 0 fully saturated rings. The van der Waals surface area contributed by atoms with Crippen molar-refractivity contribution in [3.05, 3.63) is 107 Å². The molecule has 0 aliphatic rings. The molecule has 0 saturated carbocycles. The number of hydrogen-bond acceptors (Lipinski definition) is 0. The van der Waals surface area contributed by atoms with Crippen LogP contribution in [0.4, 0.5) is 0 Å². The van der Waals surface area contributed by atoms with Gasteiger partial charge in [0.15, 0.2) is 0 Å². The summed E-state index contributed by atoms with van der Waals surface area (Å²) in [6, 6.07) is 33.2. The second-order valence-electron chi connectivity index (χ2n) is 7.72. The summed E-state index contributed by atoms with van der Waals surface area (Å²) in [5.41, 5.74) is 7.67. The first kappa shape index (κ1) is 18.1. The van der Waals surface area contributed by atoms with Gasteiger partial charge in [0.1, 0.15) is 0 Å². The minimum Gasteiger partial charge on any atom is -0.0616 e. The van der Waals surface area contributed by atoms with E-state index in [9.17, 15) is 0 Å². The summed E-state index contributed by atoms with van der Waals surface area (Å²) in [5, 5.41) is 5.14. The van der Waals surface area contributed by atoms with E-state index < -0.39 is 0 Å². The van der Waals surface area contributed by atoms with Crippen molar-refractivity contribution in [3.8, 4) is 22.3 Å². The van der Waals surface area contributed by atoms with E-state index in [0.29, 0.717) is 0 Å². The van der Waals surface area contributed by atoms with Gasteiger partial charge in [-0.2, -0.15) is 0 Å². The zero-order valence-electron chi connectivity index (χ0n) is 16.5. The molecule has 0 amide bonds. The Morgan fingerprint density at radius 2 is 0.966 bits per heavy atom. The van der Waals surface area contributed by atoms with Crippen LogP contribution in [0.15, 0.2) is 95.5 Å². The van der Waals surface area contributed by atoms with Crippen molar-refractivity contribution in [1.82, 2.24) is 0 Å². The molecule has 0 saturated heterocycles. The lowest BCUT2D eigenvalue weighted by Crippen LogP contribution is -1.92. The van der Waals surface area contributed by atoms with Crippen LogP contribution in [0.25, 0.3) is 43.8 Å². The molecule has 5 rings (SSSR count). The molecule has 0 aromatic heterocycles. The first-order chi connectivity index (χ1) is 14.1. The van der Waals surface area contributed by atoms with Crippen LogP contribution in [-0.2, 0) is 0 Å². The predicted molar refractivity (Wildman–Crippen MR) is 130 cm³/mol. The van der Waals surface area contributed by atoms with Crippen molar-refractivity contribution in [3.63, 3.8) is 0 Å². The summed E-state index contributed by atoms with van der Waals surface area (Å²) < 4.78 is 1.10. The minimum atomic E-state index is 1.10. The average Bonchev–Trinajstić information content (AvgIpc) is 2.74. The van der Waals surface area contributed by atoms with E-state index in [-0.39, 0.29) is 0 Å². The third-order valence-corrected chi connectivity index (χ3v) is 6.16. The zero-order chi connectivity index (χ0) is 20.0. The van der Waals surface area contributed by atoms with E-state index >= 15 is 0 Å². The molecule has 0 aliphatic carbocycles. The van der Waals surface area contributed by atoms with Crippen molar-refractivity contribution >= 4 is 37.5 Å². The lowest BCUT2D eigenvalue weighted by atomic mass is 9.85. The Balaban J connectivity index is 2.01. The molecular weight excluding hydrogens is 416 g/mol. The summed E-state index contributed by atoms with van der Waals surface area (Å²) >= 11 is 3.68. The van der Waals surface area contributed by atoms with Gasteiger partial charge in [0.05, 0.1) is 0 Å². The lowest BCUT2D eigenvalue weighted by molar-refractivity contribution is 1.46. The highest BCUT2D eigenvalue weighted by atomic mass is 79.9. The molecule has 0 atom stereocenters. The van der Waals surface area contributed by atoms with Crippen molar-refractivity contribution in [2.75, 3.05) is 0 Å². The van der Waals surface area contributed by atoms with Crippen LogP contribution in [0, 0.1) is 13.8 Å². The molecule has 0 heterocycles. The highest BCUT2D eigenvalue weighted by Gasteiger charge is 2.17. The van der Waals surface area contributed by atoms with E-state index in [1.165, 1.54) is 54.9 Å². The topological polar surface area (TPSA) is 0 Å². The number of rotatable bonds is 2. The van der Waals surface area contributed by atoms with Crippen LogP contribution in [0.1, 0.15) is 11.1 Å². The van der Waals surface area contributed by atoms with Crippen LogP contribution in [0.2, 0.25) is 0 Å². The molecule has 5 aromatic rings. The van der Waals surface area contributed by atoms with Gasteiger partial charge in [0.2, 0.25) is 0 Å². The van der Waals surface area contributed by atoms with Crippen LogP contribution in [-0.4, -0.2) is 0 Å². The Morgan fingerprint density at radius 3 is 1.52 bits per heavy atom. The van der Waals surface area contributed by atoms with E-state index in [4.69, 9.17) is 0 Å². The Bertz CT molecular complexity index is 1340. The van der Waals surface area contributed by atoms with Gasteiger partial charge in [-0.3, -0.25) is 0 Å². The van der Waals surface area contributed by atoms with Crippen LogP contribution in [0.5, 0.6) is 0 Å². The molecule has 29 heavy (non-hydrogen) atoms. The minimum absolute atomic E-state index is 1.10. The molecule has 1 heteroatoms. The Hall–Kier alpha value is -2.90.